The van der Waals surface area contributed by atoms with Gasteiger partial charge in [-0.3, -0.25) is 0 Å². The summed E-state index contributed by atoms with van der Waals surface area (Å²) in [4.78, 5) is 11.1. The first-order chi connectivity index (χ1) is 7.47. The van der Waals surface area contributed by atoms with E-state index in [-0.39, 0.29) is 12.4 Å². The first-order valence-electron chi connectivity index (χ1n) is 4.47. The molecule has 1 aliphatic rings. The van der Waals surface area contributed by atoms with Crippen LogP contribution in [0.15, 0.2) is 24.3 Å². The standard InChI is InChI=1S/C10H7F3O3/c11-10(12,13)6-2-1-3-7(4-6)16-9(14)8-5-15-8/h1-4,8H,5H2. The quantitative estimate of drug-likeness (QED) is 0.444. The van der Waals surface area contributed by atoms with Crippen molar-refractivity contribution < 1.29 is 27.4 Å². The van der Waals surface area contributed by atoms with Gasteiger partial charge in [0.15, 0.2) is 6.10 Å². The zero-order valence-electron chi connectivity index (χ0n) is 7.95. The second kappa shape index (κ2) is 3.79. The predicted molar refractivity (Wildman–Crippen MR) is 46.8 cm³/mol. The van der Waals surface area contributed by atoms with Crippen molar-refractivity contribution in [1.29, 1.82) is 0 Å². The monoisotopic (exact) mass is 232 g/mol. The lowest BCUT2D eigenvalue weighted by atomic mass is 10.2. The van der Waals surface area contributed by atoms with Crippen molar-refractivity contribution in [2.45, 2.75) is 12.3 Å². The first-order valence-corrected chi connectivity index (χ1v) is 4.47. The lowest BCUT2D eigenvalue weighted by Crippen LogP contribution is -2.15. The summed E-state index contributed by atoms with van der Waals surface area (Å²) in [5.41, 5.74) is -0.852. The van der Waals surface area contributed by atoms with Crippen molar-refractivity contribution in [1.82, 2.24) is 0 Å². The van der Waals surface area contributed by atoms with Crippen LogP contribution in [0, 0.1) is 0 Å². The minimum Gasteiger partial charge on any atom is -0.425 e. The molecule has 0 amide bonds. The second-order valence-electron chi connectivity index (χ2n) is 3.27. The Labute approximate surface area is 88.8 Å². The van der Waals surface area contributed by atoms with Crippen LogP contribution in [-0.2, 0) is 15.7 Å². The molecule has 0 bridgehead atoms. The van der Waals surface area contributed by atoms with Crippen LogP contribution >= 0.6 is 0 Å². The van der Waals surface area contributed by atoms with Crippen molar-refractivity contribution in [3.8, 4) is 5.75 Å². The van der Waals surface area contributed by atoms with Gasteiger partial charge < -0.3 is 9.47 Å². The van der Waals surface area contributed by atoms with Crippen LogP contribution in [0.2, 0.25) is 0 Å². The largest absolute Gasteiger partial charge is 0.425 e. The first kappa shape index (κ1) is 10.9. The Morgan fingerprint density at radius 2 is 2.12 bits per heavy atom. The number of carbonyl (C=O) groups excluding carboxylic acids is 1. The molecule has 0 aliphatic carbocycles. The summed E-state index contributed by atoms with van der Waals surface area (Å²) in [6.07, 6.45) is -5.08. The van der Waals surface area contributed by atoms with E-state index >= 15 is 0 Å². The molecule has 6 heteroatoms. The van der Waals surface area contributed by atoms with Gasteiger partial charge in [0, 0.05) is 0 Å². The van der Waals surface area contributed by atoms with E-state index < -0.39 is 23.8 Å². The number of carbonyl (C=O) groups is 1. The van der Waals surface area contributed by atoms with Gasteiger partial charge in [-0.1, -0.05) is 6.07 Å². The summed E-state index contributed by atoms with van der Waals surface area (Å²) in [5, 5.41) is 0. The van der Waals surface area contributed by atoms with Gasteiger partial charge in [0.1, 0.15) is 5.75 Å². The maximum Gasteiger partial charge on any atom is 0.416 e. The third-order valence-corrected chi connectivity index (χ3v) is 1.98. The highest BCUT2D eigenvalue weighted by molar-refractivity contribution is 5.79. The van der Waals surface area contributed by atoms with Crippen molar-refractivity contribution in [2.75, 3.05) is 6.61 Å². The summed E-state index contributed by atoms with van der Waals surface area (Å²) in [6, 6.07) is 4.15. The number of alkyl halides is 3. The van der Waals surface area contributed by atoms with Crippen molar-refractivity contribution in [3.05, 3.63) is 29.8 Å². The molecule has 86 valence electrons. The van der Waals surface area contributed by atoms with E-state index in [2.05, 4.69) is 4.74 Å². The van der Waals surface area contributed by atoms with E-state index in [0.717, 1.165) is 12.1 Å². The Morgan fingerprint density at radius 3 is 2.69 bits per heavy atom. The van der Waals surface area contributed by atoms with Gasteiger partial charge in [-0.15, -0.1) is 0 Å². The maximum atomic E-state index is 12.3. The summed E-state index contributed by atoms with van der Waals surface area (Å²) in [6.45, 7) is 0.262. The average Bonchev–Trinajstić information content (AvgIpc) is 2.99. The number of halogens is 3. The lowest BCUT2D eigenvalue weighted by molar-refractivity contribution is -0.139. The molecule has 0 saturated carbocycles. The molecular weight excluding hydrogens is 225 g/mol. The summed E-state index contributed by atoms with van der Waals surface area (Å²) in [5.74, 6) is -0.797. The summed E-state index contributed by atoms with van der Waals surface area (Å²) >= 11 is 0. The average molecular weight is 232 g/mol. The van der Waals surface area contributed by atoms with Gasteiger partial charge in [0.25, 0.3) is 0 Å². The fraction of sp³-hybridized carbons (Fsp3) is 0.300. The third kappa shape index (κ3) is 2.52. The normalized spacial score (nSPS) is 19.3. The van der Waals surface area contributed by atoms with Crippen molar-refractivity contribution in [2.24, 2.45) is 0 Å². The third-order valence-electron chi connectivity index (χ3n) is 1.98. The molecule has 2 rings (SSSR count). The van der Waals surface area contributed by atoms with Gasteiger partial charge >= 0.3 is 12.1 Å². The molecule has 1 aromatic carbocycles. The van der Waals surface area contributed by atoms with E-state index in [1.165, 1.54) is 12.1 Å². The van der Waals surface area contributed by atoms with Crippen LogP contribution < -0.4 is 4.74 Å². The fourth-order valence-corrected chi connectivity index (χ4v) is 1.10. The Kier molecular flexibility index (Phi) is 2.59. The molecule has 1 unspecified atom stereocenters. The van der Waals surface area contributed by atoms with Crippen LogP contribution in [0.3, 0.4) is 0 Å². The van der Waals surface area contributed by atoms with Crippen LogP contribution in [-0.4, -0.2) is 18.7 Å². The minimum absolute atomic E-state index is 0.129. The molecule has 3 nitrogen and oxygen atoms in total. The van der Waals surface area contributed by atoms with Gasteiger partial charge in [-0.25, -0.2) is 4.79 Å². The maximum absolute atomic E-state index is 12.3. The van der Waals surface area contributed by atoms with Crippen LogP contribution in [0.4, 0.5) is 13.2 Å². The van der Waals surface area contributed by atoms with Crippen LogP contribution in [0.25, 0.3) is 0 Å². The van der Waals surface area contributed by atoms with Gasteiger partial charge in [-0.2, -0.15) is 13.2 Å². The lowest BCUT2D eigenvalue weighted by Gasteiger charge is -2.08. The molecule has 1 atom stereocenters. The highest BCUT2D eigenvalue weighted by Gasteiger charge is 2.34. The topological polar surface area (TPSA) is 38.8 Å². The van der Waals surface area contributed by atoms with Crippen LogP contribution in [0.5, 0.6) is 5.75 Å². The van der Waals surface area contributed by atoms with Gasteiger partial charge in [0.2, 0.25) is 0 Å². The zero-order valence-corrected chi connectivity index (χ0v) is 7.95. The van der Waals surface area contributed by atoms with E-state index in [1.54, 1.807) is 0 Å². The fourth-order valence-electron chi connectivity index (χ4n) is 1.10. The predicted octanol–water partition coefficient (Wildman–Crippen LogP) is 2.01. The second-order valence-corrected chi connectivity index (χ2v) is 3.27. The molecule has 1 saturated heterocycles. The number of ether oxygens (including phenoxy) is 2. The van der Waals surface area contributed by atoms with E-state index in [1.807, 2.05) is 0 Å². The molecule has 0 N–H and O–H groups in total. The summed E-state index contributed by atoms with van der Waals surface area (Å²) < 4.78 is 46.3. The molecule has 0 radical (unpaired) electrons. The number of hydrogen-bond donors (Lipinski definition) is 0. The summed E-state index contributed by atoms with van der Waals surface area (Å²) in [7, 11) is 0. The van der Waals surface area contributed by atoms with E-state index in [4.69, 9.17) is 4.74 Å². The minimum atomic E-state index is -4.45. The molecule has 1 aromatic rings. The Morgan fingerprint density at radius 1 is 1.44 bits per heavy atom. The van der Waals surface area contributed by atoms with E-state index in [0.29, 0.717) is 0 Å². The molecular formula is C10H7F3O3. The Bertz CT molecular complexity index is 410. The highest BCUT2D eigenvalue weighted by atomic mass is 19.4. The number of epoxide rings is 1. The zero-order chi connectivity index (χ0) is 11.8. The van der Waals surface area contributed by atoms with Gasteiger partial charge in [0.05, 0.1) is 12.2 Å². The number of benzene rings is 1. The number of hydrogen-bond acceptors (Lipinski definition) is 3. The van der Waals surface area contributed by atoms with Gasteiger partial charge in [-0.05, 0) is 18.2 Å². The van der Waals surface area contributed by atoms with Crippen LogP contribution in [0.1, 0.15) is 5.56 Å². The molecule has 1 heterocycles. The Balaban J connectivity index is 2.12. The molecule has 0 spiro atoms. The molecule has 0 aromatic heterocycles. The smallest absolute Gasteiger partial charge is 0.416 e. The SMILES string of the molecule is O=C(Oc1cccc(C(F)(F)F)c1)C1CO1. The molecule has 16 heavy (non-hydrogen) atoms. The van der Waals surface area contributed by atoms with Crippen molar-refractivity contribution in [3.63, 3.8) is 0 Å². The molecule has 1 aliphatic heterocycles. The Hall–Kier alpha value is -1.56. The molecule has 1 fully saturated rings. The van der Waals surface area contributed by atoms with Crippen molar-refractivity contribution >= 4 is 5.97 Å². The number of rotatable bonds is 2. The van der Waals surface area contributed by atoms with E-state index in [9.17, 15) is 18.0 Å². The number of esters is 1. The highest BCUT2D eigenvalue weighted by Crippen LogP contribution is 2.31.